The van der Waals surface area contributed by atoms with Crippen molar-refractivity contribution in [3.63, 3.8) is 0 Å². The Balaban J connectivity index is 1.76. The Morgan fingerprint density at radius 2 is 2.03 bits per heavy atom. The molecule has 0 saturated carbocycles. The number of aromatic nitrogens is 2. The maximum Gasteiger partial charge on any atom is 0.269 e. The van der Waals surface area contributed by atoms with Crippen LogP contribution in [0.4, 0.5) is 4.39 Å². The Hall–Kier alpha value is -2.99. The maximum absolute atomic E-state index is 14.5. The van der Waals surface area contributed by atoms with Gasteiger partial charge in [0, 0.05) is 32.0 Å². The van der Waals surface area contributed by atoms with E-state index in [4.69, 9.17) is 21.1 Å². The van der Waals surface area contributed by atoms with Crippen molar-refractivity contribution >= 4 is 27.5 Å². The third kappa shape index (κ3) is 5.62. The van der Waals surface area contributed by atoms with Gasteiger partial charge in [0.25, 0.3) is 15.9 Å². The Bertz CT molecular complexity index is 1230. The minimum Gasteiger partial charge on any atom is -0.491 e. The van der Waals surface area contributed by atoms with Crippen molar-refractivity contribution in [2.75, 3.05) is 20.3 Å². The van der Waals surface area contributed by atoms with E-state index in [1.54, 1.807) is 23.9 Å². The summed E-state index contributed by atoms with van der Waals surface area (Å²) in [4.78, 5) is 18.4. The van der Waals surface area contributed by atoms with Gasteiger partial charge in [0.2, 0.25) is 0 Å². The third-order valence-corrected chi connectivity index (χ3v) is 5.76. The van der Waals surface area contributed by atoms with E-state index in [2.05, 4.69) is 4.98 Å². The lowest BCUT2D eigenvalue weighted by molar-refractivity contribution is 0.0941. The number of nitrogens with zero attached hydrogens (tertiary/aromatic N) is 2. The highest BCUT2D eigenvalue weighted by Crippen LogP contribution is 2.27. The van der Waals surface area contributed by atoms with Crippen LogP contribution < -0.4 is 15.0 Å². The molecule has 0 aliphatic heterocycles. The minimum atomic E-state index is -4.16. The molecule has 0 radical (unpaired) electrons. The summed E-state index contributed by atoms with van der Waals surface area (Å²) in [6, 6.07) is 8.22. The topological polar surface area (TPSA) is 112 Å². The SMILES string of the molecule is COCCOc1cccc(S(=O)(=O)NNC(=O)c2cc(-c3cn(C)cn3)cc(Cl)c2F)c1. The van der Waals surface area contributed by atoms with E-state index in [9.17, 15) is 17.6 Å². The standard InChI is InChI=1S/C20H20ClFN4O5S/c1-26-11-18(23-12-26)13-8-16(19(22)17(21)9-13)20(27)24-25-32(28,29)15-5-3-4-14(10-15)31-7-6-30-2/h3-5,8-12,25H,6-7H2,1-2H3,(H,24,27). The van der Waals surface area contributed by atoms with Crippen LogP contribution in [0.25, 0.3) is 11.3 Å². The Kier molecular flexibility index (Phi) is 7.46. The number of ether oxygens (including phenoxy) is 2. The summed E-state index contributed by atoms with van der Waals surface area (Å²) in [5.41, 5.74) is 2.41. The predicted octanol–water partition coefficient (Wildman–Crippen LogP) is 2.53. The number of benzene rings is 2. The lowest BCUT2D eigenvalue weighted by atomic mass is 10.1. The van der Waals surface area contributed by atoms with Crippen LogP contribution in [0.2, 0.25) is 5.02 Å². The summed E-state index contributed by atoms with van der Waals surface area (Å²) in [5, 5.41) is -0.304. The number of rotatable bonds is 9. The van der Waals surface area contributed by atoms with Gasteiger partial charge in [0.15, 0.2) is 5.82 Å². The lowest BCUT2D eigenvalue weighted by Crippen LogP contribution is -2.41. The molecule has 1 heterocycles. The monoisotopic (exact) mass is 482 g/mol. The summed E-state index contributed by atoms with van der Waals surface area (Å²) in [7, 11) is -0.898. The molecule has 2 N–H and O–H groups in total. The molecule has 1 aromatic heterocycles. The fourth-order valence-electron chi connectivity index (χ4n) is 2.68. The van der Waals surface area contributed by atoms with Gasteiger partial charge in [-0.1, -0.05) is 17.7 Å². The highest BCUT2D eigenvalue weighted by atomic mass is 35.5. The number of carbonyl (C=O) groups excluding carboxylic acids is 1. The molecule has 0 unspecified atom stereocenters. The average molecular weight is 483 g/mol. The first kappa shape index (κ1) is 23.7. The number of hydrazine groups is 1. The van der Waals surface area contributed by atoms with Gasteiger partial charge in [-0.25, -0.2) is 17.8 Å². The van der Waals surface area contributed by atoms with E-state index in [0.717, 1.165) is 0 Å². The van der Waals surface area contributed by atoms with E-state index >= 15 is 0 Å². The highest BCUT2D eigenvalue weighted by molar-refractivity contribution is 7.89. The highest BCUT2D eigenvalue weighted by Gasteiger charge is 2.21. The zero-order valence-corrected chi connectivity index (χ0v) is 18.7. The molecule has 3 rings (SSSR count). The van der Waals surface area contributed by atoms with Crippen molar-refractivity contribution in [1.29, 1.82) is 0 Å². The van der Waals surface area contributed by atoms with Gasteiger partial charge in [-0.2, -0.15) is 0 Å². The van der Waals surface area contributed by atoms with Gasteiger partial charge in [-0.3, -0.25) is 10.2 Å². The smallest absolute Gasteiger partial charge is 0.269 e. The van der Waals surface area contributed by atoms with Crippen LogP contribution in [0.3, 0.4) is 0 Å². The number of amides is 1. The molecular formula is C20H20ClFN4O5S. The number of hydrogen-bond acceptors (Lipinski definition) is 6. The van der Waals surface area contributed by atoms with E-state index in [-0.39, 0.29) is 16.5 Å². The van der Waals surface area contributed by atoms with Crippen LogP contribution in [0.15, 0.2) is 53.8 Å². The maximum atomic E-state index is 14.5. The molecule has 32 heavy (non-hydrogen) atoms. The van der Waals surface area contributed by atoms with Crippen LogP contribution in [0.5, 0.6) is 5.75 Å². The van der Waals surface area contributed by atoms with Crippen molar-refractivity contribution in [2.45, 2.75) is 4.90 Å². The predicted molar refractivity (Wildman–Crippen MR) is 115 cm³/mol. The summed E-state index contributed by atoms with van der Waals surface area (Å²) in [5.74, 6) is -1.72. The number of nitrogens with one attached hydrogen (secondary N) is 2. The van der Waals surface area contributed by atoms with E-state index in [1.807, 2.05) is 10.3 Å². The molecule has 0 aliphatic rings. The van der Waals surface area contributed by atoms with Crippen LogP contribution >= 0.6 is 11.6 Å². The zero-order valence-electron chi connectivity index (χ0n) is 17.1. The molecule has 0 atom stereocenters. The summed E-state index contributed by atoms with van der Waals surface area (Å²) < 4.78 is 51.5. The van der Waals surface area contributed by atoms with Gasteiger partial charge in [-0.15, -0.1) is 4.83 Å². The van der Waals surface area contributed by atoms with E-state index < -0.39 is 27.3 Å². The Labute approximate surface area is 189 Å². The largest absolute Gasteiger partial charge is 0.491 e. The summed E-state index contributed by atoms with van der Waals surface area (Å²) in [6.45, 7) is 0.563. The fraction of sp³-hybridized carbons (Fsp3) is 0.200. The minimum absolute atomic E-state index is 0.159. The lowest BCUT2D eigenvalue weighted by Gasteiger charge is -2.12. The van der Waals surface area contributed by atoms with Crippen molar-refractivity contribution in [3.05, 3.63) is 65.3 Å². The summed E-state index contributed by atoms with van der Waals surface area (Å²) >= 11 is 5.92. The number of methoxy groups -OCH3 is 1. The fourth-order valence-corrected chi connectivity index (χ4v) is 3.77. The second kappa shape index (κ2) is 10.1. The van der Waals surface area contributed by atoms with Gasteiger partial charge < -0.3 is 14.0 Å². The first-order valence-electron chi connectivity index (χ1n) is 9.22. The van der Waals surface area contributed by atoms with E-state index in [1.165, 1.54) is 43.8 Å². The molecule has 1 amide bonds. The van der Waals surface area contributed by atoms with Crippen LogP contribution in [-0.4, -0.2) is 44.2 Å². The number of imidazole rings is 1. The number of aryl methyl sites for hydroxylation is 1. The molecule has 170 valence electrons. The number of carbonyl (C=O) groups is 1. The van der Waals surface area contributed by atoms with Gasteiger partial charge in [-0.05, 0) is 24.3 Å². The molecule has 3 aromatic rings. The normalized spacial score (nSPS) is 11.4. The van der Waals surface area contributed by atoms with Crippen molar-refractivity contribution in [3.8, 4) is 17.0 Å². The molecule has 0 fully saturated rings. The number of sulfonamides is 1. The molecule has 0 bridgehead atoms. The quantitative estimate of drug-likeness (QED) is 0.358. The number of hydrogen-bond donors (Lipinski definition) is 2. The molecule has 9 nitrogen and oxygen atoms in total. The molecule has 2 aromatic carbocycles. The van der Waals surface area contributed by atoms with Crippen molar-refractivity contribution in [1.82, 2.24) is 19.8 Å². The van der Waals surface area contributed by atoms with E-state index in [0.29, 0.717) is 23.6 Å². The molecular weight excluding hydrogens is 463 g/mol. The second-order valence-electron chi connectivity index (χ2n) is 6.62. The van der Waals surface area contributed by atoms with Crippen LogP contribution in [0, 0.1) is 5.82 Å². The molecule has 12 heteroatoms. The Morgan fingerprint density at radius 1 is 1.25 bits per heavy atom. The zero-order chi connectivity index (χ0) is 23.3. The first-order valence-corrected chi connectivity index (χ1v) is 11.1. The molecule has 0 spiro atoms. The average Bonchev–Trinajstić information content (AvgIpc) is 3.20. The number of halogens is 2. The summed E-state index contributed by atoms with van der Waals surface area (Å²) in [6.07, 6.45) is 3.20. The Morgan fingerprint density at radius 3 is 2.72 bits per heavy atom. The third-order valence-electron chi connectivity index (χ3n) is 4.24. The van der Waals surface area contributed by atoms with Crippen LogP contribution in [-0.2, 0) is 21.8 Å². The van der Waals surface area contributed by atoms with Crippen molar-refractivity contribution < 1.29 is 27.1 Å². The first-order chi connectivity index (χ1) is 15.2. The van der Waals surface area contributed by atoms with Crippen LogP contribution in [0.1, 0.15) is 10.4 Å². The van der Waals surface area contributed by atoms with Crippen molar-refractivity contribution in [2.24, 2.45) is 7.05 Å². The second-order valence-corrected chi connectivity index (χ2v) is 8.71. The van der Waals surface area contributed by atoms with Gasteiger partial charge >= 0.3 is 0 Å². The van der Waals surface area contributed by atoms with Gasteiger partial charge in [0.05, 0.1) is 34.1 Å². The van der Waals surface area contributed by atoms with Gasteiger partial charge in [0.1, 0.15) is 12.4 Å². The molecule has 0 aliphatic carbocycles. The molecule has 0 saturated heterocycles.